The predicted molar refractivity (Wildman–Crippen MR) is 79.0 cm³/mol. The Labute approximate surface area is 125 Å². The highest BCUT2D eigenvalue weighted by atomic mass is 16.1. The second-order valence-corrected chi connectivity index (χ2v) is 4.21. The molecule has 0 saturated carbocycles. The van der Waals surface area contributed by atoms with Crippen molar-refractivity contribution in [3.05, 3.63) is 53.6 Å². The molecule has 2 aromatic carbocycles. The largest absolute Gasteiger partial charge is 0.240 e. The summed E-state index contributed by atoms with van der Waals surface area (Å²) in [6.07, 6.45) is 4.62. The molecule has 106 valence electrons. The lowest BCUT2D eigenvalue weighted by Crippen LogP contribution is -1.89. The maximum atomic E-state index is 10.7. The molecule has 0 bridgehead atoms. The number of benzene rings is 2. The first-order chi connectivity index (χ1) is 10.8. The third-order valence-corrected chi connectivity index (χ3v) is 2.93. The highest BCUT2D eigenvalue weighted by molar-refractivity contribution is 5.83. The Kier molecular flexibility index (Phi) is 5.03. The molecule has 0 aliphatic carbocycles. The van der Waals surface area contributed by atoms with Crippen LogP contribution >= 0.6 is 0 Å². The monoisotopic (exact) mass is 291 g/mol. The van der Waals surface area contributed by atoms with Crippen molar-refractivity contribution in [2.45, 2.75) is 6.42 Å². The van der Waals surface area contributed by atoms with Crippen molar-refractivity contribution < 1.29 is 14.4 Å². The van der Waals surface area contributed by atoms with Gasteiger partial charge >= 0.3 is 0 Å². The molecule has 22 heavy (non-hydrogen) atoms. The van der Waals surface area contributed by atoms with E-state index in [4.69, 9.17) is 0 Å². The molecule has 0 heterocycles. The molecule has 0 aromatic heterocycles. The molecular formula is C16H9N3O3. The van der Waals surface area contributed by atoms with Crippen molar-refractivity contribution in [2.24, 2.45) is 15.0 Å². The van der Waals surface area contributed by atoms with Crippen LogP contribution in [0.2, 0.25) is 0 Å². The summed E-state index contributed by atoms with van der Waals surface area (Å²) in [7, 11) is 0. The van der Waals surface area contributed by atoms with Crippen LogP contribution in [0.5, 0.6) is 0 Å². The highest BCUT2D eigenvalue weighted by Gasteiger charge is 2.13. The second-order valence-electron chi connectivity index (χ2n) is 4.21. The fraction of sp³-hybridized carbons (Fsp3) is 0.0625. The molecule has 0 saturated heterocycles. The first-order valence-electron chi connectivity index (χ1n) is 6.23. The normalized spacial score (nSPS) is 9.09. The van der Waals surface area contributed by atoms with Crippen molar-refractivity contribution in [2.75, 3.05) is 0 Å². The Morgan fingerprint density at radius 3 is 2.00 bits per heavy atom. The average molecular weight is 291 g/mol. The van der Waals surface area contributed by atoms with Gasteiger partial charge in [-0.05, 0) is 23.6 Å². The first kappa shape index (κ1) is 15.0. The predicted octanol–water partition coefficient (Wildman–Crippen LogP) is 3.18. The summed E-state index contributed by atoms with van der Waals surface area (Å²) >= 11 is 0. The van der Waals surface area contributed by atoms with Crippen molar-refractivity contribution >= 4 is 35.3 Å². The average Bonchev–Trinajstić information content (AvgIpc) is 2.54. The van der Waals surface area contributed by atoms with Gasteiger partial charge in [0.1, 0.15) is 17.1 Å². The lowest BCUT2D eigenvalue weighted by Gasteiger charge is -2.08. The van der Waals surface area contributed by atoms with Gasteiger partial charge in [0.05, 0.1) is 0 Å². The van der Waals surface area contributed by atoms with Crippen LogP contribution in [-0.4, -0.2) is 18.2 Å². The van der Waals surface area contributed by atoms with Crippen LogP contribution in [0.25, 0.3) is 0 Å². The van der Waals surface area contributed by atoms with Gasteiger partial charge in [0.15, 0.2) is 0 Å². The molecule has 0 aliphatic heterocycles. The minimum atomic E-state index is -0.00451. The molecule has 0 atom stereocenters. The van der Waals surface area contributed by atoms with E-state index in [1.165, 1.54) is 24.3 Å². The molecule has 2 aromatic rings. The maximum absolute atomic E-state index is 10.7. The van der Waals surface area contributed by atoms with Crippen LogP contribution in [0, 0.1) is 0 Å². The van der Waals surface area contributed by atoms with Gasteiger partial charge in [0, 0.05) is 0 Å². The SMILES string of the molecule is O=C=Nc1ccc(Cc2ccccc2)c(N=C=O)c1N=C=O. The summed E-state index contributed by atoms with van der Waals surface area (Å²) < 4.78 is 0. The van der Waals surface area contributed by atoms with Gasteiger partial charge in [-0.3, -0.25) is 0 Å². The van der Waals surface area contributed by atoms with Crippen molar-refractivity contribution in [1.82, 2.24) is 0 Å². The van der Waals surface area contributed by atoms with Crippen LogP contribution in [0.1, 0.15) is 11.1 Å². The van der Waals surface area contributed by atoms with E-state index in [1.54, 1.807) is 6.07 Å². The second kappa shape index (κ2) is 7.39. The molecule has 0 fully saturated rings. The minimum absolute atomic E-state index is 0.00451. The number of hydrogen-bond acceptors (Lipinski definition) is 6. The van der Waals surface area contributed by atoms with Gasteiger partial charge in [-0.15, -0.1) is 0 Å². The van der Waals surface area contributed by atoms with Gasteiger partial charge in [0.25, 0.3) is 0 Å². The number of aliphatic imine (C=N–C) groups is 3. The zero-order chi connectivity index (χ0) is 15.8. The summed E-state index contributed by atoms with van der Waals surface area (Å²) in [5.41, 5.74) is 1.85. The van der Waals surface area contributed by atoms with E-state index in [0.717, 1.165) is 5.56 Å². The molecule has 0 amide bonds. The van der Waals surface area contributed by atoms with E-state index in [-0.39, 0.29) is 17.1 Å². The fourth-order valence-corrected chi connectivity index (χ4v) is 2.03. The van der Waals surface area contributed by atoms with Crippen LogP contribution in [0.3, 0.4) is 0 Å². The fourth-order valence-electron chi connectivity index (χ4n) is 2.03. The Balaban J connectivity index is 2.63. The molecule has 0 aliphatic rings. The topological polar surface area (TPSA) is 88.3 Å². The van der Waals surface area contributed by atoms with Crippen LogP contribution < -0.4 is 0 Å². The summed E-state index contributed by atoms with van der Waals surface area (Å²) in [6.45, 7) is 0. The van der Waals surface area contributed by atoms with Crippen LogP contribution in [0.15, 0.2) is 57.4 Å². The summed E-state index contributed by atoms with van der Waals surface area (Å²) in [6, 6.07) is 12.6. The Hall–Kier alpha value is -3.42. The van der Waals surface area contributed by atoms with Crippen molar-refractivity contribution in [3.63, 3.8) is 0 Å². The van der Waals surface area contributed by atoms with Gasteiger partial charge in [-0.1, -0.05) is 36.4 Å². The van der Waals surface area contributed by atoms with Gasteiger partial charge in [0.2, 0.25) is 18.2 Å². The quantitative estimate of drug-likeness (QED) is 0.626. The summed E-state index contributed by atoms with van der Waals surface area (Å²) in [5, 5.41) is 0. The zero-order valence-corrected chi connectivity index (χ0v) is 11.3. The number of carbonyl (C=O) groups excluding carboxylic acids is 3. The number of nitrogens with zero attached hydrogens (tertiary/aromatic N) is 3. The standard InChI is InChI=1S/C16H9N3O3/c20-9-17-14-7-6-13(8-12-4-2-1-3-5-12)15(18-10-21)16(14)19-11-22/h1-7H,8H2. The third kappa shape index (κ3) is 3.37. The lowest BCUT2D eigenvalue weighted by atomic mass is 10.0. The van der Waals surface area contributed by atoms with Crippen LogP contribution in [0.4, 0.5) is 17.1 Å². The third-order valence-electron chi connectivity index (χ3n) is 2.93. The van der Waals surface area contributed by atoms with E-state index in [1.807, 2.05) is 30.3 Å². The van der Waals surface area contributed by atoms with Gasteiger partial charge < -0.3 is 0 Å². The zero-order valence-electron chi connectivity index (χ0n) is 11.3. The molecule has 0 unspecified atom stereocenters. The van der Waals surface area contributed by atoms with Crippen molar-refractivity contribution in [1.29, 1.82) is 0 Å². The molecule has 0 N–H and O–H groups in total. The molecule has 0 spiro atoms. The van der Waals surface area contributed by atoms with E-state index >= 15 is 0 Å². The van der Waals surface area contributed by atoms with E-state index < -0.39 is 0 Å². The molecule has 6 heteroatoms. The Morgan fingerprint density at radius 2 is 1.36 bits per heavy atom. The van der Waals surface area contributed by atoms with E-state index in [9.17, 15) is 14.4 Å². The van der Waals surface area contributed by atoms with Crippen molar-refractivity contribution in [3.8, 4) is 0 Å². The Morgan fingerprint density at radius 1 is 0.727 bits per heavy atom. The molecule has 0 radical (unpaired) electrons. The number of rotatable bonds is 5. The van der Waals surface area contributed by atoms with E-state index in [0.29, 0.717) is 12.0 Å². The summed E-state index contributed by atoms with van der Waals surface area (Å²) in [5.74, 6) is 0. The molecule has 2 rings (SSSR count). The Bertz CT molecular complexity index is 827. The molecular weight excluding hydrogens is 282 g/mol. The lowest BCUT2D eigenvalue weighted by molar-refractivity contribution is 0.564. The van der Waals surface area contributed by atoms with Crippen LogP contribution in [-0.2, 0) is 20.8 Å². The molecule has 6 nitrogen and oxygen atoms in total. The summed E-state index contributed by atoms with van der Waals surface area (Å²) in [4.78, 5) is 42.2. The number of hydrogen-bond donors (Lipinski definition) is 0. The van der Waals surface area contributed by atoms with Gasteiger partial charge in [-0.2, -0.15) is 15.0 Å². The van der Waals surface area contributed by atoms with E-state index in [2.05, 4.69) is 15.0 Å². The minimum Gasteiger partial charge on any atom is -0.211 e. The van der Waals surface area contributed by atoms with Gasteiger partial charge in [-0.25, -0.2) is 14.4 Å². The number of isocyanates is 3. The highest BCUT2D eigenvalue weighted by Crippen LogP contribution is 2.40. The smallest absolute Gasteiger partial charge is 0.211 e. The first-order valence-corrected chi connectivity index (χ1v) is 6.23. The maximum Gasteiger partial charge on any atom is 0.240 e.